The number of benzene rings is 1. The molecule has 0 bridgehead atoms. The molecule has 138 valence electrons. The van der Waals surface area contributed by atoms with Crippen molar-refractivity contribution in [3.05, 3.63) is 40.3 Å². The van der Waals surface area contributed by atoms with E-state index in [-0.39, 0.29) is 47.2 Å². The van der Waals surface area contributed by atoms with Crippen molar-refractivity contribution in [2.24, 2.45) is 11.1 Å². The predicted molar refractivity (Wildman–Crippen MR) is 89.0 cm³/mol. The van der Waals surface area contributed by atoms with Gasteiger partial charge in [-0.25, -0.2) is 9.02 Å². The minimum Gasteiger partial charge on any atom is -0.472 e. The Bertz CT molecular complexity index is 822. The summed E-state index contributed by atoms with van der Waals surface area (Å²) < 4.78 is 23.3. The molecule has 1 heterocycles. The normalized spacial score (nSPS) is 14.3. The highest BCUT2D eigenvalue weighted by Gasteiger charge is 2.29. The second-order valence-electron chi connectivity index (χ2n) is 5.80. The molecule has 1 fully saturated rings. The second-order valence-corrected chi connectivity index (χ2v) is 6.21. The molecule has 0 radical (unpaired) electrons. The van der Waals surface area contributed by atoms with Crippen LogP contribution < -0.4 is 10.1 Å². The molecule has 1 aliphatic carbocycles. The van der Waals surface area contributed by atoms with Gasteiger partial charge in [-0.15, -0.1) is 0 Å². The van der Waals surface area contributed by atoms with Gasteiger partial charge in [-0.1, -0.05) is 22.8 Å². The first-order valence-electron chi connectivity index (χ1n) is 7.96. The summed E-state index contributed by atoms with van der Waals surface area (Å²) in [5, 5.41) is 22.5. The fourth-order valence-electron chi connectivity index (χ4n) is 2.27. The van der Waals surface area contributed by atoms with Gasteiger partial charge in [-0.3, -0.25) is 4.79 Å². The molecule has 0 atom stereocenters. The molecule has 0 unspecified atom stereocenters. The van der Waals surface area contributed by atoms with Gasteiger partial charge in [-0.05, 0) is 40.9 Å². The van der Waals surface area contributed by atoms with Gasteiger partial charge in [0.2, 0.25) is 5.91 Å². The third-order valence-electron chi connectivity index (χ3n) is 3.80. The van der Waals surface area contributed by atoms with Gasteiger partial charge in [0.1, 0.15) is 18.1 Å². The van der Waals surface area contributed by atoms with E-state index in [0.29, 0.717) is 12.1 Å². The Kier molecular flexibility index (Phi) is 5.67. The molecule has 3 rings (SSSR count). The van der Waals surface area contributed by atoms with Crippen molar-refractivity contribution in [2.75, 3.05) is 13.2 Å². The van der Waals surface area contributed by atoms with Crippen molar-refractivity contribution in [1.29, 1.82) is 0 Å². The van der Waals surface area contributed by atoms with Gasteiger partial charge in [0, 0.05) is 12.3 Å². The van der Waals surface area contributed by atoms with E-state index < -0.39 is 5.82 Å². The number of nitrogens with one attached hydrogen (secondary N) is 1. The molecule has 1 saturated carbocycles. The Labute approximate surface area is 152 Å². The van der Waals surface area contributed by atoms with Gasteiger partial charge in [-0.2, -0.15) is 0 Å². The largest absolute Gasteiger partial charge is 0.472 e. The fraction of sp³-hybridized carbons (Fsp3) is 0.375. The van der Waals surface area contributed by atoms with E-state index in [1.807, 2.05) is 0 Å². The van der Waals surface area contributed by atoms with Crippen molar-refractivity contribution < 1.29 is 23.8 Å². The molecular formula is C16H16ClFN4O4. The van der Waals surface area contributed by atoms with Gasteiger partial charge in [0.05, 0.1) is 11.6 Å². The smallest absolute Gasteiger partial charge is 0.285 e. The Balaban J connectivity index is 1.59. The Morgan fingerprint density at radius 2 is 2.27 bits per heavy atom. The highest BCUT2D eigenvalue weighted by molar-refractivity contribution is 6.30. The molecule has 0 spiro atoms. The molecule has 1 aromatic carbocycles. The quantitative estimate of drug-likeness (QED) is 0.313. The first-order valence-corrected chi connectivity index (χ1v) is 8.34. The number of ether oxygens (including phenoxy) is 1. The monoisotopic (exact) mass is 382 g/mol. The zero-order valence-corrected chi connectivity index (χ0v) is 14.4. The fourth-order valence-corrected chi connectivity index (χ4v) is 2.48. The van der Waals surface area contributed by atoms with Crippen LogP contribution in [0.15, 0.2) is 28.0 Å². The van der Waals surface area contributed by atoms with Gasteiger partial charge in [0.25, 0.3) is 5.88 Å². The Hall–Kier alpha value is -2.68. The first-order chi connectivity index (χ1) is 12.6. The molecule has 10 heteroatoms. The standard InChI is InChI=1S/C16H16ClFN4O4/c17-11-7-9(1-4-12(11)18)8-13(20-24)14-16(22-26-21-14)25-6-5-19-15(23)10-2-3-10/h1,4,7,10,24H,2-3,5-6,8H2,(H,19,23). The highest BCUT2D eigenvalue weighted by atomic mass is 35.5. The number of aromatic nitrogens is 2. The summed E-state index contributed by atoms with van der Waals surface area (Å²) in [7, 11) is 0. The highest BCUT2D eigenvalue weighted by Crippen LogP contribution is 2.28. The number of carbonyl (C=O) groups is 1. The summed E-state index contributed by atoms with van der Waals surface area (Å²) >= 11 is 5.75. The second kappa shape index (κ2) is 8.13. The van der Waals surface area contributed by atoms with E-state index in [4.69, 9.17) is 16.3 Å². The van der Waals surface area contributed by atoms with Crippen molar-refractivity contribution in [1.82, 2.24) is 15.6 Å². The van der Waals surface area contributed by atoms with Crippen molar-refractivity contribution in [2.45, 2.75) is 19.3 Å². The number of halogens is 2. The molecule has 1 aromatic heterocycles. The summed E-state index contributed by atoms with van der Waals surface area (Å²) in [6.07, 6.45) is 1.96. The van der Waals surface area contributed by atoms with Crippen LogP contribution in [0.1, 0.15) is 24.1 Å². The van der Waals surface area contributed by atoms with E-state index in [2.05, 4.69) is 25.4 Å². The molecule has 1 aliphatic rings. The maximum absolute atomic E-state index is 13.2. The number of hydrogen-bond donors (Lipinski definition) is 2. The third kappa shape index (κ3) is 4.48. The van der Waals surface area contributed by atoms with Crippen molar-refractivity contribution in [3.63, 3.8) is 0 Å². The van der Waals surface area contributed by atoms with E-state index in [9.17, 15) is 14.4 Å². The van der Waals surface area contributed by atoms with Crippen LogP contribution in [-0.4, -0.2) is 40.3 Å². The van der Waals surface area contributed by atoms with Crippen LogP contribution in [0, 0.1) is 11.7 Å². The topological polar surface area (TPSA) is 110 Å². The lowest BCUT2D eigenvalue weighted by Gasteiger charge is -2.07. The summed E-state index contributed by atoms with van der Waals surface area (Å²) in [6.45, 7) is 0.460. The van der Waals surface area contributed by atoms with Gasteiger partial charge in [0.15, 0.2) is 5.69 Å². The zero-order valence-electron chi connectivity index (χ0n) is 13.6. The summed E-state index contributed by atoms with van der Waals surface area (Å²) in [5.41, 5.74) is 0.835. The van der Waals surface area contributed by atoms with Crippen LogP contribution in [0.25, 0.3) is 0 Å². The van der Waals surface area contributed by atoms with Crippen molar-refractivity contribution in [3.8, 4) is 5.88 Å². The lowest BCUT2D eigenvalue weighted by Crippen LogP contribution is -2.29. The van der Waals surface area contributed by atoms with Crippen LogP contribution in [0.2, 0.25) is 5.02 Å². The summed E-state index contributed by atoms with van der Waals surface area (Å²) in [6, 6.07) is 4.14. The molecule has 2 aromatic rings. The van der Waals surface area contributed by atoms with Crippen LogP contribution in [0.3, 0.4) is 0 Å². The Morgan fingerprint density at radius 3 is 2.96 bits per heavy atom. The first kappa shape index (κ1) is 18.1. The molecule has 1 amide bonds. The predicted octanol–water partition coefficient (Wildman–Crippen LogP) is 2.19. The molecule has 8 nitrogen and oxygen atoms in total. The van der Waals surface area contributed by atoms with Crippen LogP contribution in [-0.2, 0) is 11.2 Å². The number of oxime groups is 1. The van der Waals surface area contributed by atoms with E-state index in [1.165, 1.54) is 18.2 Å². The van der Waals surface area contributed by atoms with Crippen molar-refractivity contribution >= 4 is 23.2 Å². The summed E-state index contributed by atoms with van der Waals surface area (Å²) in [5.74, 6) is -0.377. The number of carbonyl (C=O) groups excluding carboxylic acids is 1. The molecular weight excluding hydrogens is 367 g/mol. The minimum absolute atomic E-state index is 0.0119. The van der Waals surface area contributed by atoms with Crippen LogP contribution in [0.4, 0.5) is 4.39 Å². The maximum atomic E-state index is 13.2. The molecule has 26 heavy (non-hydrogen) atoms. The molecule has 0 aliphatic heterocycles. The average molecular weight is 383 g/mol. The van der Waals surface area contributed by atoms with Gasteiger partial charge < -0.3 is 15.3 Å². The minimum atomic E-state index is -0.543. The lowest BCUT2D eigenvalue weighted by molar-refractivity contribution is -0.122. The zero-order chi connectivity index (χ0) is 18.5. The number of hydrogen-bond acceptors (Lipinski definition) is 7. The van der Waals surface area contributed by atoms with Crippen LogP contribution in [0.5, 0.6) is 5.88 Å². The van der Waals surface area contributed by atoms with E-state index in [1.54, 1.807) is 0 Å². The molecule has 2 N–H and O–H groups in total. The van der Waals surface area contributed by atoms with E-state index >= 15 is 0 Å². The number of rotatable bonds is 8. The summed E-state index contributed by atoms with van der Waals surface area (Å²) in [4.78, 5) is 11.5. The van der Waals surface area contributed by atoms with Crippen LogP contribution >= 0.6 is 11.6 Å². The average Bonchev–Trinajstić information content (AvgIpc) is 3.39. The number of nitrogens with zero attached hydrogens (tertiary/aromatic N) is 3. The SMILES string of the molecule is O=C(NCCOc1nonc1C(Cc1ccc(F)c(Cl)c1)=NO)C1CC1. The van der Waals surface area contributed by atoms with Gasteiger partial charge >= 0.3 is 0 Å². The Morgan fingerprint density at radius 1 is 1.46 bits per heavy atom. The number of amides is 1. The third-order valence-corrected chi connectivity index (χ3v) is 4.09. The maximum Gasteiger partial charge on any atom is 0.285 e. The van der Waals surface area contributed by atoms with E-state index in [0.717, 1.165) is 12.8 Å². The molecule has 0 saturated heterocycles. The lowest BCUT2D eigenvalue weighted by atomic mass is 10.1.